The number of nitrogens with one attached hydrogen (secondary N) is 1. The van der Waals surface area contributed by atoms with E-state index < -0.39 is 0 Å². The Morgan fingerprint density at radius 1 is 1.24 bits per heavy atom. The Hall–Kier alpha value is -1.75. The van der Waals surface area contributed by atoms with Gasteiger partial charge in [-0.3, -0.25) is 4.98 Å². The molecule has 0 radical (unpaired) electrons. The first kappa shape index (κ1) is 11.7. The van der Waals surface area contributed by atoms with E-state index in [9.17, 15) is 0 Å². The van der Waals surface area contributed by atoms with E-state index in [1.165, 1.54) is 0 Å². The molecular formula is C12H17N5. The summed E-state index contributed by atoms with van der Waals surface area (Å²) in [5.74, 6) is 0.840. The number of nitrogens with zero attached hydrogens (tertiary/aromatic N) is 4. The summed E-state index contributed by atoms with van der Waals surface area (Å²) in [6.45, 7) is 3.01. The lowest BCUT2D eigenvalue weighted by Gasteiger charge is -2.20. The highest BCUT2D eigenvalue weighted by Crippen LogP contribution is 2.10. The fraction of sp³-hybridized carbons (Fsp3) is 0.417. The van der Waals surface area contributed by atoms with E-state index in [1.54, 1.807) is 12.4 Å². The first-order chi connectivity index (χ1) is 8.16. The van der Waals surface area contributed by atoms with Crippen molar-refractivity contribution < 1.29 is 0 Å². The van der Waals surface area contributed by atoms with Crippen molar-refractivity contribution in [2.24, 2.45) is 0 Å². The maximum Gasteiger partial charge on any atom is 0.180 e. The van der Waals surface area contributed by atoms with Gasteiger partial charge in [0.25, 0.3) is 0 Å². The van der Waals surface area contributed by atoms with E-state index in [4.69, 9.17) is 0 Å². The smallest absolute Gasteiger partial charge is 0.180 e. The minimum atomic E-state index is 0.453. The van der Waals surface area contributed by atoms with E-state index in [0.717, 1.165) is 17.9 Å². The number of rotatable bonds is 4. The fourth-order valence-electron chi connectivity index (χ4n) is 1.39. The normalized spacial score (nSPS) is 12.9. The Kier molecular flexibility index (Phi) is 3.49. The largest absolute Gasteiger partial charge is 0.368 e. The number of hydrogen-bond acceptors (Lipinski definition) is 5. The summed E-state index contributed by atoms with van der Waals surface area (Å²) in [4.78, 5) is 14.9. The molecule has 0 saturated heterocycles. The lowest BCUT2D eigenvalue weighted by Crippen LogP contribution is -2.31. The molecule has 2 heterocycles. The van der Waals surface area contributed by atoms with Crippen LogP contribution in [0.1, 0.15) is 6.92 Å². The second kappa shape index (κ2) is 5.05. The molecule has 1 atom stereocenters. The predicted octanol–water partition coefficient (Wildman–Crippen LogP) is 1.39. The van der Waals surface area contributed by atoms with Crippen LogP contribution in [0.2, 0.25) is 0 Å². The first-order valence-electron chi connectivity index (χ1n) is 5.65. The summed E-state index contributed by atoms with van der Waals surface area (Å²) >= 11 is 0. The molecule has 0 fully saturated rings. The molecular weight excluding hydrogens is 214 g/mol. The van der Waals surface area contributed by atoms with Crippen LogP contribution >= 0.6 is 0 Å². The van der Waals surface area contributed by atoms with Crippen molar-refractivity contribution in [1.82, 2.24) is 19.9 Å². The zero-order chi connectivity index (χ0) is 12.3. The van der Waals surface area contributed by atoms with E-state index in [2.05, 4.69) is 46.2 Å². The van der Waals surface area contributed by atoms with Crippen molar-refractivity contribution in [3.63, 3.8) is 0 Å². The van der Waals surface area contributed by atoms with Gasteiger partial charge in [0.1, 0.15) is 11.3 Å². The molecule has 0 spiro atoms. The summed E-state index contributed by atoms with van der Waals surface area (Å²) in [7, 11) is 4.12. The SMILES string of the molecule is CC(CNc1ccc2nccnc2n1)N(C)C. The maximum absolute atomic E-state index is 4.40. The molecule has 17 heavy (non-hydrogen) atoms. The topological polar surface area (TPSA) is 53.9 Å². The van der Waals surface area contributed by atoms with Crippen LogP contribution in [0, 0.1) is 0 Å². The molecule has 0 aliphatic carbocycles. The van der Waals surface area contributed by atoms with Gasteiger partial charge in [-0.25, -0.2) is 9.97 Å². The Labute approximate surface area is 101 Å². The summed E-state index contributed by atoms with van der Waals surface area (Å²) in [5.41, 5.74) is 1.49. The van der Waals surface area contributed by atoms with Crippen molar-refractivity contribution >= 4 is 17.0 Å². The highest BCUT2D eigenvalue weighted by Gasteiger charge is 2.05. The first-order valence-corrected chi connectivity index (χ1v) is 5.65. The molecule has 0 aliphatic rings. The molecule has 1 N–H and O–H groups in total. The molecule has 0 bridgehead atoms. The average molecular weight is 231 g/mol. The van der Waals surface area contributed by atoms with Crippen LogP contribution in [0.5, 0.6) is 0 Å². The van der Waals surface area contributed by atoms with Crippen molar-refractivity contribution in [3.05, 3.63) is 24.5 Å². The Balaban J connectivity index is 2.09. The Bertz CT molecular complexity index is 497. The van der Waals surface area contributed by atoms with Gasteiger partial charge in [0, 0.05) is 25.0 Å². The van der Waals surface area contributed by atoms with Gasteiger partial charge in [-0.2, -0.15) is 0 Å². The maximum atomic E-state index is 4.40. The Morgan fingerprint density at radius 3 is 2.76 bits per heavy atom. The Morgan fingerprint density at radius 2 is 2.00 bits per heavy atom. The molecule has 1 unspecified atom stereocenters. The lowest BCUT2D eigenvalue weighted by atomic mass is 10.3. The molecule has 0 saturated carbocycles. The van der Waals surface area contributed by atoms with Crippen LogP contribution in [0.25, 0.3) is 11.2 Å². The molecule has 0 amide bonds. The standard InChI is InChI=1S/C12H17N5/c1-9(17(2)3)8-15-11-5-4-10-12(16-11)14-7-6-13-10/h4-7,9H,8H2,1-3H3,(H,14,15,16). The van der Waals surface area contributed by atoms with Crippen molar-refractivity contribution in [2.75, 3.05) is 26.0 Å². The molecule has 2 rings (SSSR count). The quantitative estimate of drug-likeness (QED) is 0.861. The molecule has 0 aliphatic heterocycles. The van der Waals surface area contributed by atoms with Gasteiger partial charge in [0.15, 0.2) is 5.65 Å². The van der Waals surface area contributed by atoms with Gasteiger partial charge in [0.2, 0.25) is 0 Å². The zero-order valence-electron chi connectivity index (χ0n) is 10.4. The van der Waals surface area contributed by atoms with E-state index in [0.29, 0.717) is 11.7 Å². The summed E-state index contributed by atoms with van der Waals surface area (Å²) in [6.07, 6.45) is 3.33. The number of anilines is 1. The molecule has 2 aromatic heterocycles. The van der Waals surface area contributed by atoms with Crippen molar-refractivity contribution in [2.45, 2.75) is 13.0 Å². The van der Waals surface area contributed by atoms with Gasteiger partial charge in [-0.1, -0.05) is 0 Å². The summed E-state index contributed by atoms with van der Waals surface area (Å²) in [5, 5.41) is 3.30. The number of pyridine rings is 1. The average Bonchev–Trinajstić information content (AvgIpc) is 2.35. The van der Waals surface area contributed by atoms with Crippen LogP contribution < -0.4 is 5.32 Å². The summed E-state index contributed by atoms with van der Waals surface area (Å²) < 4.78 is 0. The number of likely N-dealkylation sites (N-methyl/N-ethyl adjacent to an activating group) is 1. The highest BCUT2D eigenvalue weighted by atomic mass is 15.1. The van der Waals surface area contributed by atoms with Gasteiger partial charge in [0.05, 0.1) is 0 Å². The molecule has 90 valence electrons. The van der Waals surface area contributed by atoms with Crippen LogP contribution in [0.15, 0.2) is 24.5 Å². The van der Waals surface area contributed by atoms with Crippen LogP contribution in [-0.4, -0.2) is 46.5 Å². The zero-order valence-corrected chi connectivity index (χ0v) is 10.4. The highest BCUT2D eigenvalue weighted by molar-refractivity contribution is 5.71. The second-order valence-corrected chi connectivity index (χ2v) is 4.29. The summed E-state index contributed by atoms with van der Waals surface area (Å²) in [6, 6.07) is 4.31. The monoisotopic (exact) mass is 231 g/mol. The van der Waals surface area contributed by atoms with Gasteiger partial charge in [-0.15, -0.1) is 0 Å². The molecule has 5 heteroatoms. The van der Waals surface area contributed by atoms with E-state index in [-0.39, 0.29) is 0 Å². The third-order valence-electron chi connectivity index (χ3n) is 2.79. The van der Waals surface area contributed by atoms with Crippen molar-refractivity contribution in [3.8, 4) is 0 Å². The van der Waals surface area contributed by atoms with Crippen LogP contribution in [0.3, 0.4) is 0 Å². The number of fused-ring (bicyclic) bond motifs is 1. The van der Waals surface area contributed by atoms with Crippen molar-refractivity contribution in [1.29, 1.82) is 0 Å². The molecule has 2 aromatic rings. The third kappa shape index (κ3) is 2.88. The molecule has 0 aromatic carbocycles. The van der Waals surface area contributed by atoms with Gasteiger partial charge in [-0.05, 0) is 33.2 Å². The number of hydrogen-bond donors (Lipinski definition) is 1. The lowest BCUT2D eigenvalue weighted by molar-refractivity contribution is 0.326. The van der Waals surface area contributed by atoms with E-state index >= 15 is 0 Å². The third-order valence-corrected chi connectivity index (χ3v) is 2.79. The minimum absolute atomic E-state index is 0.453. The van der Waals surface area contributed by atoms with Crippen LogP contribution in [0.4, 0.5) is 5.82 Å². The van der Waals surface area contributed by atoms with Gasteiger partial charge >= 0.3 is 0 Å². The fourth-order valence-corrected chi connectivity index (χ4v) is 1.39. The minimum Gasteiger partial charge on any atom is -0.368 e. The number of aromatic nitrogens is 3. The van der Waals surface area contributed by atoms with E-state index in [1.807, 2.05) is 12.1 Å². The second-order valence-electron chi connectivity index (χ2n) is 4.29. The molecule has 5 nitrogen and oxygen atoms in total. The van der Waals surface area contributed by atoms with Gasteiger partial charge < -0.3 is 10.2 Å². The van der Waals surface area contributed by atoms with Crippen LogP contribution in [-0.2, 0) is 0 Å². The predicted molar refractivity (Wildman–Crippen MR) is 69.0 cm³/mol.